The molecule has 0 bridgehead atoms. The molecule has 96 valence electrons. The van der Waals surface area contributed by atoms with E-state index in [1.807, 2.05) is 30.3 Å². The van der Waals surface area contributed by atoms with Gasteiger partial charge in [-0.05, 0) is 12.0 Å². The molecule has 18 heavy (non-hydrogen) atoms. The molecule has 0 aliphatic rings. The van der Waals surface area contributed by atoms with Gasteiger partial charge < -0.3 is 9.47 Å². The largest absolute Gasteiger partial charge is 0.509 e. The molecule has 0 saturated carbocycles. The number of aryl methyl sites for hydroxylation is 1. The zero-order valence-electron chi connectivity index (χ0n) is 10.1. The minimum absolute atomic E-state index is 0.0804. The van der Waals surface area contributed by atoms with Crippen molar-refractivity contribution in [3.63, 3.8) is 0 Å². The Bertz CT molecular complexity index is 398. The van der Waals surface area contributed by atoms with Crippen molar-refractivity contribution in [3.05, 3.63) is 48.6 Å². The first kappa shape index (κ1) is 14.0. The first-order valence-electron chi connectivity index (χ1n) is 5.68. The molecule has 0 unspecified atom stereocenters. The molecule has 0 fully saturated rings. The Morgan fingerprint density at radius 2 is 1.89 bits per heavy atom. The van der Waals surface area contributed by atoms with Crippen LogP contribution in [0.15, 0.2) is 43.0 Å². The molecule has 0 atom stereocenters. The van der Waals surface area contributed by atoms with Gasteiger partial charge in [-0.1, -0.05) is 43.0 Å². The molecular weight excluding hydrogens is 232 g/mol. The topological polar surface area (TPSA) is 52.6 Å². The lowest BCUT2D eigenvalue weighted by molar-refractivity contribution is -0.122. The van der Waals surface area contributed by atoms with Crippen molar-refractivity contribution >= 4 is 11.9 Å². The molecule has 0 saturated heterocycles. The first-order chi connectivity index (χ1) is 8.72. The quantitative estimate of drug-likeness (QED) is 0.549. The SMILES string of the molecule is C=CCOC(=O)OCC(=O)CCc1ccccc1. The number of Topliss-reactive ketones (excluding diaryl/α,β-unsaturated/α-hetero) is 1. The Kier molecular flexibility index (Phi) is 6.25. The third-order valence-corrected chi connectivity index (χ3v) is 2.21. The lowest BCUT2D eigenvalue weighted by atomic mass is 10.1. The molecule has 1 rings (SSSR count). The maximum Gasteiger partial charge on any atom is 0.509 e. The molecule has 1 aromatic carbocycles. The van der Waals surface area contributed by atoms with E-state index in [0.29, 0.717) is 12.8 Å². The van der Waals surface area contributed by atoms with Crippen molar-refractivity contribution in [3.8, 4) is 0 Å². The number of ether oxygens (including phenoxy) is 2. The Morgan fingerprint density at radius 3 is 2.56 bits per heavy atom. The summed E-state index contributed by atoms with van der Waals surface area (Å²) in [5.41, 5.74) is 1.08. The number of carbonyl (C=O) groups excluding carboxylic acids is 2. The smallest absolute Gasteiger partial charge is 0.430 e. The minimum Gasteiger partial charge on any atom is -0.430 e. The maximum atomic E-state index is 11.4. The fourth-order valence-electron chi connectivity index (χ4n) is 1.31. The van der Waals surface area contributed by atoms with Crippen LogP contribution in [0.5, 0.6) is 0 Å². The number of carbonyl (C=O) groups is 2. The van der Waals surface area contributed by atoms with Crippen LogP contribution in [0.1, 0.15) is 12.0 Å². The summed E-state index contributed by atoms with van der Waals surface area (Å²) in [6, 6.07) is 9.66. The van der Waals surface area contributed by atoms with Crippen molar-refractivity contribution < 1.29 is 19.1 Å². The van der Waals surface area contributed by atoms with E-state index >= 15 is 0 Å². The van der Waals surface area contributed by atoms with Crippen LogP contribution < -0.4 is 0 Å². The van der Waals surface area contributed by atoms with Crippen LogP contribution >= 0.6 is 0 Å². The summed E-state index contributed by atoms with van der Waals surface area (Å²) < 4.78 is 9.21. The van der Waals surface area contributed by atoms with Gasteiger partial charge in [-0.25, -0.2) is 4.79 Å². The average Bonchev–Trinajstić information content (AvgIpc) is 2.41. The van der Waals surface area contributed by atoms with E-state index in [1.165, 1.54) is 6.08 Å². The summed E-state index contributed by atoms with van der Waals surface area (Å²) in [6.07, 6.45) is 1.57. The molecule has 0 aliphatic heterocycles. The normalized spacial score (nSPS) is 9.56. The standard InChI is InChI=1S/C14H16O4/c1-2-10-17-14(16)18-11-13(15)9-8-12-6-4-3-5-7-12/h2-7H,1,8-11H2. The van der Waals surface area contributed by atoms with Crippen LogP contribution in [0.4, 0.5) is 4.79 Å². The minimum atomic E-state index is -0.844. The van der Waals surface area contributed by atoms with Crippen molar-refractivity contribution in [2.75, 3.05) is 13.2 Å². The number of hydrogen-bond acceptors (Lipinski definition) is 4. The van der Waals surface area contributed by atoms with Crippen LogP contribution in [0.25, 0.3) is 0 Å². The summed E-state index contributed by atoms with van der Waals surface area (Å²) in [5.74, 6) is -0.130. The van der Waals surface area contributed by atoms with E-state index in [4.69, 9.17) is 0 Å². The Hall–Kier alpha value is -2.10. The Labute approximate surface area is 106 Å². The third kappa shape index (κ3) is 5.84. The van der Waals surface area contributed by atoms with E-state index in [-0.39, 0.29) is 19.0 Å². The van der Waals surface area contributed by atoms with Crippen molar-refractivity contribution in [1.82, 2.24) is 0 Å². The van der Waals surface area contributed by atoms with Gasteiger partial charge in [0.1, 0.15) is 6.61 Å². The van der Waals surface area contributed by atoms with Crippen molar-refractivity contribution in [2.24, 2.45) is 0 Å². The summed E-state index contributed by atoms with van der Waals surface area (Å²) in [5, 5.41) is 0. The van der Waals surface area contributed by atoms with Gasteiger partial charge in [0, 0.05) is 6.42 Å². The van der Waals surface area contributed by atoms with Gasteiger partial charge >= 0.3 is 6.16 Å². The fraction of sp³-hybridized carbons (Fsp3) is 0.286. The Morgan fingerprint density at radius 1 is 1.17 bits per heavy atom. The highest BCUT2D eigenvalue weighted by molar-refractivity contribution is 5.81. The molecule has 0 amide bonds. The molecule has 0 aliphatic carbocycles. The molecule has 1 aromatic rings. The van der Waals surface area contributed by atoms with E-state index in [1.54, 1.807) is 0 Å². The van der Waals surface area contributed by atoms with Gasteiger partial charge in [0.05, 0.1) is 0 Å². The summed E-state index contributed by atoms with van der Waals surface area (Å²) >= 11 is 0. The highest BCUT2D eigenvalue weighted by Gasteiger charge is 2.08. The van der Waals surface area contributed by atoms with Gasteiger partial charge in [0.2, 0.25) is 0 Å². The monoisotopic (exact) mass is 248 g/mol. The second kappa shape index (κ2) is 8.06. The van der Waals surface area contributed by atoms with Crippen LogP contribution in [-0.4, -0.2) is 25.2 Å². The zero-order valence-corrected chi connectivity index (χ0v) is 10.1. The molecular formula is C14H16O4. The van der Waals surface area contributed by atoms with Gasteiger partial charge in [0.15, 0.2) is 12.4 Å². The van der Waals surface area contributed by atoms with E-state index in [9.17, 15) is 9.59 Å². The molecule has 4 nitrogen and oxygen atoms in total. The van der Waals surface area contributed by atoms with Crippen LogP contribution in [-0.2, 0) is 20.7 Å². The number of ketones is 1. The molecule has 0 radical (unpaired) electrons. The molecule has 0 heterocycles. The van der Waals surface area contributed by atoms with Crippen molar-refractivity contribution in [1.29, 1.82) is 0 Å². The number of hydrogen-bond donors (Lipinski definition) is 0. The number of benzene rings is 1. The highest BCUT2D eigenvalue weighted by Crippen LogP contribution is 2.03. The molecule has 0 N–H and O–H groups in total. The fourth-order valence-corrected chi connectivity index (χ4v) is 1.31. The molecule has 4 heteroatoms. The zero-order chi connectivity index (χ0) is 13.2. The highest BCUT2D eigenvalue weighted by atomic mass is 16.7. The lowest BCUT2D eigenvalue weighted by Gasteiger charge is -2.04. The summed E-state index contributed by atoms with van der Waals surface area (Å²) in [6.45, 7) is 3.22. The summed E-state index contributed by atoms with van der Waals surface area (Å²) in [7, 11) is 0. The van der Waals surface area contributed by atoms with E-state index in [0.717, 1.165) is 5.56 Å². The third-order valence-electron chi connectivity index (χ3n) is 2.21. The lowest BCUT2D eigenvalue weighted by Crippen LogP contribution is -2.15. The summed E-state index contributed by atoms with van der Waals surface area (Å²) in [4.78, 5) is 22.4. The van der Waals surface area contributed by atoms with Gasteiger partial charge in [-0.3, -0.25) is 4.79 Å². The van der Waals surface area contributed by atoms with E-state index in [2.05, 4.69) is 16.1 Å². The first-order valence-corrected chi connectivity index (χ1v) is 5.68. The van der Waals surface area contributed by atoms with Crippen LogP contribution in [0.2, 0.25) is 0 Å². The predicted molar refractivity (Wildman–Crippen MR) is 67.3 cm³/mol. The molecule has 0 aromatic heterocycles. The predicted octanol–water partition coefficient (Wildman–Crippen LogP) is 2.53. The Balaban J connectivity index is 2.18. The van der Waals surface area contributed by atoms with Crippen molar-refractivity contribution in [2.45, 2.75) is 12.8 Å². The van der Waals surface area contributed by atoms with E-state index < -0.39 is 6.16 Å². The average molecular weight is 248 g/mol. The molecule has 0 spiro atoms. The van der Waals surface area contributed by atoms with Gasteiger partial charge in [-0.15, -0.1) is 0 Å². The van der Waals surface area contributed by atoms with Gasteiger partial charge in [0.25, 0.3) is 0 Å². The van der Waals surface area contributed by atoms with Crippen LogP contribution in [0, 0.1) is 0 Å². The second-order valence-electron chi connectivity index (χ2n) is 3.66. The second-order valence-corrected chi connectivity index (χ2v) is 3.66. The van der Waals surface area contributed by atoms with Crippen LogP contribution in [0.3, 0.4) is 0 Å². The van der Waals surface area contributed by atoms with Gasteiger partial charge in [-0.2, -0.15) is 0 Å². The maximum absolute atomic E-state index is 11.4. The number of rotatable bonds is 7.